The number of para-hydroxylation sites is 1. The molecule has 1 aromatic heterocycles. The molecule has 0 saturated heterocycles. The largest absolute Gasteiger partial charge is 0.507 e. The van der Waals surface area contributed by atoms with Crippen molar-refractivity contribution >= 4 is 5.71 Å². The molecule has 5 rings (SSSR count). The zero-order chi connectivity index (χ0) is 20.7. The maximum absolute atomic E-state index is 10.5. The zero-order valence-corrected chi connectivity index (χ0v) is 16.6. The van der Waals surface area contributed by atoms with E-state index < -0.39 is 6.23 Å². The molecule has 0 fully saturated rings. The van der Waals surface area contributed by atoms with Crippen molar-refractivity contribution in [3.05, 3.63) is 77.6 Å². The molecule has 0 aliphatic carbocycles. The summed E-state index contributed by atoms with van der Waals surface area (Å²) < 4.78 is 17.3. The quantitative estimate of drug-likeness (QED) is 0.708. The number of benzene rings is 2. The summed E-state index contributed by atoms with van der Waals surface area (Å²) in [6.07, 6.45) is 3.66. The van der Waals surface area contributed by atoms with Gasteiger partial charge in [0.25, 0.3) is 0 Å². The third kappa shape index (κ3) is 2.90. The lowest BCUT2D eigenvalue weighted by molar-refractivity contribution is -0.0211. The van der Waals surface area contributed by atoms with Crippen LogP contribution >= 0.6 is 0 Å². The van der Waals surface area contributed by atoms with E-state index in [2.05, 4.69) is 4.98 Å². The highest BCUT2D eigenvalue weighted by molar-refractivity contribution is 6.04. The summed E-state index contributed by atoms with van der Waals surface area (Å²) in [4.78, 5) is 4.24. The van der Waals surface area contributed by atoms with Gasteiger partial charge in [-0.25, -0.2) is 5.01 Å². The topological polar surface area (TPSA) is 76.4 Å². The van der Waals surface area contributed by atoms with Gasteiger partial charge in [-0.3, -0.25) is 4.98 Å². The second kappa shape index (κ2) is 7.26. The number of aromatic hydroxyl groups is 1. The number of methoxy groups -OCH3 is 2. The van der Waals surface area contributed by atoms with Crippen LogP contribution < -0.4 is 14.2 Å². The summed E-state index contributed by atoms with van der Waals surface area (Å²) in [5.41, 5.74) is 3.30. The van der Waals surface area contributed by atoms with Crippen LogP contribution in [0.25, 0.3) is 0 Å². The lowest BCUT2D eigenvalue weighted by Gasteiger charge is -2.38. The number of hydrogen-bond donors (Lipinski definition) is 1. The summed E-state index contributed by atoms with van der Waals surface area (Å²) in [7, 11) is 3.24. The van der Waals surface area contributed by atoms with E-state index in [9.17, 15) is 5.11 Å². The molecule has 30 heavy (non-hydrogen) atoms. The molecule has 0 bridgehead atoms. The fraction of sp³-hybridized carbons (Fsp3) is 0.217. The third-order valence-corrected chi connectivity index (χ3v) is 5.48. The summed E-state index contributed by atoms with van der Waals surface area (Å²) in [6.45, 7) is 0. The molecule has 7 nitrogen and oxygen atoms in total. The van der Waals surface area contributed by atoms with Crippen LogP contribution in [0.2, 0.25) is 0 Å². The van der Waals surface area contributed by atoms with Crippen molar-refractivity contribution in [2.24, 2.45) is 5.10 Å². The Hall–Kier alpha value is -3.74. The second-order valence-electron chi connectivity index (χ2n) is 7.16. The van der Waals surface area contributed by atoms with Crippen LogP contribution in [-0.4, -0.2) is 35.0 Å². The lowest BCUT2D eigenvalue weighted by Crippen LogP contribution is -2.33. The molecule has 0 radical (unpaired) electrons. The molecule has 7 heteroatoms. The van der Waals surface area contributed by atoms with Crippen LogP contribution in [0.1, 0.15) is 35.4 Å². The SMILES string of the molecule is COc1ccc(O)c(C2=NN3[C@@H](C2)c2cccc(OC)c2O[C@H]3c2cccnc2)c1. The number of ether oxygens (including phenoxy) is 3. The third-order valence-electron chi connectivity index (χ3n) is 5.48. The number of hydrogen-bond acceptors (Lipinski definition) is 7. The van der Waals surface area contributed by atoms with E-state index in [0.717, 1.165) is 16.8 Å². The standard InChI is InChI=1S/C23H21N3O4/c1-28-15-8-9-20(27)17(11-15)18-12-19-16-6-3-7-21(29-2)22(16)30-23(26(19)25-18)14-5-4-10-24-13-14/h3-11,13,19,23,27H,12H2,1-2H3/t19-,23-/m0/s1. The molecular weight excluding hydrogens is 382 g/mol. The van der Waals surface area contributed by atoms with Gasteiger partial charge in [0.15, 0.2) is 11.5 Å². The fourth-order valence-corrected chi connectivity index (χ4v) is 4.02. The zero-order valence-electron chi connectivity index (χ0n) is 16.6. The van der Waals surface area contributed by atoms with Crippen molar-refractivity contribution < 1.29 is 19.3 Å². The minimum absolute atomic E-state index is 0.0605. The van der Waals surface area contributed by atoms with Crippen LogP contribution in [0.4, 0.5) is 0 Å². The lowest BCUT2D eigenvalue weighted by atomic mass is 9.95. The van der Waals surface area contributed by atoms with Crippen LogP contribution in [0.3, 0.4) is 0 Å². The normalized spacial score (nSPS) is 19.4. The number of rotatable bonds is 4. The highest BCUT2D eigenvalue weighted by Gasteiger charge is 2.42. The molecule has 2 aromatic carbocycles. The number of aromatic nitrogens is 1. The number of hydrazone groups is 1. The molecule has 152 valence electrons. The number of pyridine rings is 1. The maximum atomic E-state index is 10.5. The summed E-state index contributed by atoms with van der Waals surface area (Å²) in [5.74, 6) is 2.22. The second-order valence-corrected chi connectivity index (χ2v) is 7.16. The highest BCUT2D eigenvalue weighted by Crippen LogP contribution is 2.51. The Bertz CT molecular complexity index is 1120. The van der Waals surface area contributed by atoms with Gasteiger partial charge in [-0.2, -0.15) is 5.10 Å². The van der Waals surface area contributed by atoms with Crippen molar-refractivity contribution in [2.45, 2.75) is 18.7 Å². The first-order valence-electron chi connectivity index (χ1n) is 9.66. The van der Waals surface area contributed by atoms with Gasteiger partial charge < -0.3 is 19.3 Å². The van der Waals surface area contributed by atoms with Gasteiger partial charge in [0.1, 0.15) is 11.5 Å². The Morgan fingerprint density at radius 3 is 2.77 bits per heavy atom. The molecule has 2 aliphatic heterocycles. The van der Waals surface area contributed by atoms with Crippen LogP contribution in [0.5, 0.6) is 23.0 Å². The molecule has 0 unspecified atom stereocenters. The molecule has 3 aromatic rings. The molecule has 0 amide bonds. The van der Waals surface area contributed by atoms with Gasteiger partial charge in [-0.15, -0.1) is 0 Å². The van der Waals surface area contributed by atoms with E-state index >= 15 is 0 Å². The number of nitrogens with zero attached hydrogens (tertiary/aromatic N) is 3. The van der Waals surface area contributed by atoms with E-state index in [1.807, 2.05) is 35.3 Å². The van der Waals surface area contributed by atoms with Crippen molar-refractivity contribution in [1.29, 1.82) is 0 Å². The first kappa shape index (κ1) is 18.3. The van der Waals surface area contributed by atoms with Crippen molar-refractivity contribution in [1.82, 2.24) is 9.99 Å². The average molecular weight is 403 g/mol. The van der Waals surface area contributed by atoms with Crippen molar-refractivity contribution in [3.63, 3.8) is 0 Å². The average Bonchev–Trinajstić information content (AvgIpc) is 3.24. The van der Waals surface area contributed by atoms with Crippen LogP contribution in [0, 0.1) is 0 Å². The Labute approximate surface area is 174 Å². The number of fused-ring (bicyclic) bond motifs is 3. The molecule has 0 spiro atoms. The predicted molar refractivity (Wildman–Crippen MR) is 111 cm³/mol. The van der Waals surface area contributed by atoms with Crippen LogP contribution in [0.15, 0.2) is 66.0 Å². The molecule has 2 atom stereocenters. The van der Waals surface area contributed by atoms with Gasteiger partial charge in [-0.1, -0.05) is 18.2 Å². The molecule has 1 N–H and O–H groups in total. The van der Waals surface area contributed by atoms with Crippen LogP contribution in [-0.2, 0) is 0 Å². The van der Waals surface area contributed by atoms with Crippen molar-refractivity contribution in [2.75, 3.05) is 14.2 Å². The minimum atomic E-state index is -0.460. The van der Waals surface area contributed by atoms with E-state index in [1.165, 1.54) is 0 Å². The van der Waals surface area contributed by atoms with Gasteiger partial charge >= 0.3 is 0 Å². The van der Waals surface area contributed by atoms with Gasteiger partial charge in [0.2, 0.25) is 6.23 Å². The molecular formula is C23H21N3O4. The summed E-state index contributed by atoms with van der Waals surface area (Å²) in [5, 5.41) is 17.3. The molecule has 0 saturated carbocycles. The summed E-state index contributed by atoms with van der Waals surface area (Å²) in [6, 6.07) is 14.8. The Morgan fingerprint density at radius 2 is 2.00 bits per heavy atom. The summed E-state index contributed by atoms with van der Waals surface area (Å²) >= 11 is 0. The molecule has 2 aliphatic rings. The Morgan fingerprint density at radius 1 is 1.10 bits per heavy atom. The smallest absolute Gasteiger partial charge is 0.215 e. The van der Waals surface area contributed by atoms with Crippen molar-refractivity contribution in [3.8, 4) is 23.0 Å². The number of phenols is 1. The van der Waals surface area contributed by atoms with Gasteiger partial charge in [0.05, 0.1) is 26.0 Å². The van der Waals surface area contributed by atoms with E-state index in [0.29, 0.717) is 29.2 Å². The Kier molecular flexibility index (Phi) is 4.43. The minimum Gasteiger partial charge on any atom is -0.507 e. The first-order valence-corrected chi connectivity index (χ1v) is 9.66. The predicted octanol–water partition coefficient (Wildman–Crippen LogP) is 4.05. The van der Waals surface area contributed by atoms with Gasteiger partial charge in [-0.05, 0) is 30.3 Å². The van der Waals surface area contributed by atoms with E-state index in [1.54, 1.807) is 44.8 Å². The first-order chi connectivity index (χ1) is 14.7. The number of phenolic OH excluding ortho intramolecular Hbond substituents is 1. The van der Waals surface area contributed by atoms with E-state index in [-0.39, 0.29) is 11.8 Å². The highest BCUT2D eigenvalue weighted by atomic mass is 16.5. The maximum Gasteiger partial charge on any atom is 0.215 e. The Balaban J connectivity index is 1.63. The molecule has 3 heterocycles. The fourth-order valence-electron chi connectivity index (χ4n) is 4.02. The van der Waals surface area contributed by atoms with E-state index in [4.69, 9.17) is 19.3 Å². The van der Waals surface area contributed by atoms with Gasteiger partial charge in [0, 0.05) is 35.5 Å². The monoisotopic (exact) mass is 403 g/mol.